The Balaban J connectivity index is 1.76. The lowest BCUT2D eigenvalue weighted by atomic mass is 10.1. The first-order valence-corrected chi connectivity index (χ1v) is 10.2. The normalized spacial score (nSPS) is 11.4. The second-order valence-corrected chi connectivity index (χ2v) is 7.23. The zero-order valence-electron chi connectivity index (χ0n) is 16.9. The molecule has 0 aliphatic heterocycles. The van der Waals surface area contributed by atoms with Gasteiger partial charge in [-0.3, -0.25) is 13.9 Å². The van der Waals surface area contributed by atoms with Crippen LogP contribution in [0.2, 0.25) is 0 Å². The molecule has 4 rings (SSSR count). The van der Waals surface area contributed by atoms with Crippen LogP contribution in [0.5, 0.6) is 0 Å². The van der Waals surface area contributed by atoms with E-state index in [9.17, 15) is 9.59 Å². The van der Waals surface area contributed by atoms with Crippen LogP contribution in [0.3, 0.4) is 0 Å². The maximum atomic E-state index is 13.1. The van der Waals surface area contributed by atoms with Crippen molar-refractivity contribution < 1.29 is 4.42 Å². The van der Waals surface area contributed by atoms with E-state index in [2.05, 4.69) is 27.1 Å². The first kappa shape index (κ1) is 19.8. The average molecular weight is 408 g/mol. The highest BCUT2D eigenvalue weighted by atomic mass is 16.4. The Labute approximate surface area is 172 Å². The lowest BCUT2D eigenvalue weighted by Gasteiger charge is -2.10. The molecule has 0 fully saturated rings. The number of aromatic nitrogens is 6. The highest BCUT2D eigenvalue weighted by Gasteiger charge is 2.18. The third-order valence-electron chi connectivity index (χ3n) is 5.06. The van der Waals surface area contributed by atoms with Crippen LogP contribution in [-0.2, 0) is 25.9 Å². The summed E-state index contributed by atoms with van der Waals surface area (Å²) in [5.74, 6) is 1.07. The van der Waals surface area contributed by atoms with E-state index >= 15 is 0 Å². The maximum absolute atomic E-state index is 13.1. The smallest absolute Gasteiger partial charge is 0.332 e. The molecule has 0 aliphatic rings. The van der Waals surface area contributed by atoms with Gasteiger partial charge in [0.2, 0.25) is 12.3 Å². The molecule has 0 radical (unpaired) electrons. The van der Waals surface area contributed by atoms with E-state index in [1.807, 2.05) is 30.3 Å². The molecule has 4 aromatic rings. The molecule has 3 heterocycles. The highest BCUT2D eigenvalue weighted by Crippen LogP contribution is 2.11. The molecule has 1 aromatic carbocycles. The Morgan fingerprint density at radius 2 is 1.90 bits per heavy atom. The number of imidazole rings is 1. The SMILES string of the molecule is CCCCCn1c(=O)c2[nH]c(Cc3ccccc3)nc2n(CCc2nnco2)c1=O. The van der Waals surface area contributed by atoms with Gasteiger partial charge in [0.05, 0.1) is 0 Å². The van der Waals surface area contributed by atoms with Crippen molar-refractivity contribution in [2.75, 3.05) is 0 Å². The van der Waals surface area contributed by atoms with Crippen LogP contribution in [-0.4, -0.2) is 29.3 Å². The predicted octanol–water partition coefficient (Wildman–Crippen LogP) is 2.29. The monoisotopic (exact) mass is 408 g/mol. The lowest BCUT2D eigenvalue weighted by Crippen LogP contribution is -2.40. The van der Waals surface area contributed by atoms with Crippen LogP contribution in [0.25, 0.3) is 11.2 Å². The van der Waals surface area contributed by atoms with Gasteiger partial charge in [-0.15, -0.1) is 10.2 Å². The van der Waals surface area contributed by atoms with Crippen LogP contribution in [0, 0.1) is 0 Å². The van der Waals surface area contributed by atoms with E-state index in [0.717, 1.165) is 24.8 Å². The van der Waals surface area contributed by atoms with Crippen LogP contribution in [0.1, 0.15) is 43.5 Å². The summed E-state index contributed by atoms with van der Waals surface area (Å²) in [7, 11) is 0. The number of fused-ring (bicyclic) bond motifs is 1. The standard InChI is InChI=1S/C21H24N6O3/c1-2-3-7-11-27-20(28)18-19(24-16(23-18)13-15-8-5-4-6-9-15)26(21(27)29)12-10-17-25-22-14-30-17/h4-6,8-9,14H,2-3,7,10-13H2,1H3,(H,23,24). The molecule has 0 amide bonds. The van der Waals surface area contributed by atoms with Crippen LogP contribution in [0.15, 0.2) is 50.7 Å². The van der Waals surface area contributed by atoms with Crippen molar-refractivity contribution >= 4 is 11.2 Å². The van der Waals surface area contributed by atoms with E-state index in [4.69, 9.17) is 4.42 Å². The van der Waals surface area contributed by atoms with Crippen molar-refractivity contribution in [1.29, 1.82) is 0 Å². The third-order valence-corrected chi connectivity index (χ3v) is 5.06. The molecule has 9 nitrogen and oxygen atoms in total. The Kier molecular flexibility index (Phi) is 5.87. The molecule has 3 aromatic heterocycles. The van der Waals surface area contributed by atoms with Gasteiger partial charge in [-0.1, -0.05) is 50.1 Å². The van der Waals surface area contributed by atoms with E-state index < -0.39 is 0 Å². The molecule has 156 valence electrons. The number of unbranched alkanes of at least 4 members (excludes halogenated alkanes) is 2. The molecule has 0 spiro atoms. The van der Waals surface area contributed by atoms with Gasteiger partial charge >= 0.3 is 5.69 Å². The lowest BCUT2D eigenvalue weighted by molar-refractivity contribution is 0.466. The van der Waals surface area contributed by atoms with Gasteiger partial charge in [-0.2, -0.15) is 0 Å². The summed E-state index contributed by atoms with van der Waals surface area (Å²) in [5, 5.41) is 7.54. The zero-order chi connectivity index (χ0) is 20.9. The summed E-state index contributed by atoms with van der Waals surface area (Å²) < 4.78 is 8.02. The van der Waals surface area contributed by atoms with Crippen LogP contribution in [0.4, 0.5) is 0 Å². The minimum Gasteiger partial charge on any atom is -0.428 e. The van der Waals surface area contributed by atoms with Gasteiger partial charge in [-0.25, -0.2) is 9.78 Å². The number of nitrogens with one attached hydrogen (secondary N) is 1. The van der Waals surface area contributed by atoms with Crippen molar-refractivity contribution in [1.82, 2.24) is 29.3 Å². The van der Waals surface area contributed by atoms with Gasteiger partial charge in [-0.05, 0) is 12.0 Å². The minimum atomic E-state index is -0.360. The number of aryl methyl sites for hydroxylation is 2. The fourth-order valence-electron chi connectivity index (χ4n) is 3.52. The molecule has 30 heavy (non-hydrogen) atoms. The molecule has 0 saturated heterocycles. The van der Waals surface area contributed by atoms with E-state index in [1.165, 1.54) is 15.5 Å². The summed E-state index contributed by atoms with van der Waals surface area (Å²) in [4.78, 5) is 33.9. The number of hydrogen-bond acceptors (Lipinski definition) is 6. The molecule has 9 heteroatoms. The van der Waals surface area contributed by atoms with Gasteiger partial charge < -0.3 is 9.40 Å². The molecule has 1 N–H and O–H groups in total. The number of aromatic amines is 1. The largest absolute Gasteiger partial charge is 0.428 e. The molecule has 0 bridgehead atoms. The van der Waals surface area contributed by atoms with E-state index in [0.29, 0.717) is 48.8 Å². The van der Waals surface area contributed by atoms with Gasteiger partial charge in [0.25, 0.3) is 5.56 Å². The highest BCUT2D eigenvalue weighted by molar-refractivity contribution is 5.70. The number of nitrogens with zero attached hydrogens (tertiary/aromatic N) is 5. The molecular formula is C21H24N6O3. The minimum absolute atomic E-state index is 0.293. The summed E-state index contributed by atoms with van der Waals surface area (Å²) in [6.07, 6.45) is 4.91. The molecule has 0 saturated carbocycles. The fraction of sp³-hybridized carbons (Fsp3) is 0.381. The van der Waals surface area contributed by atoms with Crippen LogP contribution < -0.4 is 11.2 Å². The van der Waals surface area contributed by atoms with Gasteiger partial charge in [0.1, 0.15) is 11.3 Å². The van der Waals surface area contributed by atoms with Crippen molar-refractivity contribution in [3.63, 3.8) is 0 Å². The molecule has 0 atom stereocenters. The molecular weight excluding hydrogens is 384 g/mol. The number of benzene rings is 1. The van der Waals surface area contributed by atoms with Gasteiger partial charge in [0.15, 0.2) is 5.65 Å². The number of hydrogen-bond donors (Lipinski definition) is 1. The Hall–Kier alpha value is -3.49. The third kappa shape index (κ3) is 4.10. The summed E-state index contributed by atoms with van der Waals surface area (Å²) in [5.41, 5.74) is 1.09. The number of H-pyrrole nitrogens is 1. The zero-order valence-corrected chi connectivity index (χ0v) is 16.9. The summed E-state index contributed by atoms with van der Waals surface area (Å²) >= 11 is 0. The van der Waals surface area contributed by atoms with Crippen molar-refractivity contribution in [3.8, 4) is 0 Å². The average Bonchev–Trinajstić information content (AvgIpc) is 3.41. The topological polar surface area (TPSA) is 112 Å². The second-order valence-electron chi connectivity index (χ2n) is 7.23. The van der Waals surface area contributed by atoms with Gasteiger partial charge in [0, 0.05) is 25.9 Å². The van der Waals surface area contributed by atoms with E-state index in [1.54, 1.807) is 0 Å². The van der Waals surface area contributed by atoms with Crippen molar-refractivity contribution in [2.24, 2.45) is 0 Å². The van der Waals surface area contributed by atoms with Crippen molar-refractivity contribution in [3.05, 3.63) is 74.8 Å². The maximum Gasteiger partial charge on any atom is 0.332 e. The van der Waals surface area contributed by atoms with Crippen molar-refractivity contribution in [2.45, 2.75) is 52.1 Å². The Morgan fingerprint density at radius 3 is 2.63 bits per heavy atom. The first-order valence-electron chi connectivity index (χ1n) is 10.2. The summed E-state index contributed by atoms with van der Waals surface area (Å²) in [6.45, 7) is 2.76. The quantitative estimate of drug-likeness (QED) is 0.425. The predicted molar refractivity (Wildman–Crippen MR) is 111 cm³/mol. The Morgan fingerprint density at radius 1 is 1.07 bits per heavy atom. The molecule has 0 unspecified atom stereocenters. The van der Waals surface area contributed by atoms with E-state index in [-0.39, 0.29) is 11.2 Å². The second kappa shape index (κ2) is 8.89. The van der Waals surface area contributed by atoms with Crippen LogP contribution >= 0.6 is 0 Å². The number of rotatable bonds is 9. The fourth-order valence-corrected chi connectivity index (χ4v) is 3.52. The molecule has 0 aliphatic carbocycles. The summed E-state index contributed by atoms with van der Waals surface area (Å²) in [6, 6.07) is 9.86. The first-order chi connectivity index (χ1) is 14.7. The Bertz CT molecular complexity index is 1220.